The van der Waals surface area contributed by atoms with Crippen molar-refractivity contribution < 1.29 is 4.42 Å². The van der Waals surface area contributed by atoms with Gasteiger partial charge in [0.15, 0.2) is 17.5 Å². The van der Waals surface area contributed by atoms with E-state index in [1.54, 1.807) is 0 Å². The molecule has 0 atom stereocenters. The van der Waals surface area contributed by atoms with Crippen molar-refractivity contribution in [1.82, 2.24) is 15.0 Å². The Labute approximate surface area is 271 Å². The molecule has 4 heteroatoms. The lowest BCUT2D eigenvalue weighted by molar-refractivity contribution is 0.669. The average Bonchev–Trinajstić information content (AvgIpc) is 3.52. The molecule has 9 rings (SSSR count). The molecule has 2 aromatic heterocycles. The van der Waals surface area contributed by atoms with E-state index in [9.17, 15) is 0 Å². The first-order valence-electron chi connectivity index (χ1n) is 15.7. The maximum Gasteiger partial charge on any atom is 0.164 e. The summed E-state index contributed by atoms with van der Waals surface area (Å²) in [7, 11) is 0. The third-order valence-corrected chi connectivity index (χ3v) is 8.72. The molecule has 0 aliphatic heterocycles. The minimum absolute atomic E-state index is 0.622. The summed E-state index contributed by atoms with van der Waals surface area (Å²) in [5, 5.41) is 4.51. The van der Waals surface area contributed by atoms with E-state index in [1.807, 2.05) is 48.5 Å². The van der Waals surface area contributed by atoms with Crippen LogP contribution in [0.3, 0.4) is 0 Å². The van der Waals surface area contributed by atoms with Crippen LogP contribution in [-0.4, -0.2) is 15.0 Å². The van der Waals surface area contributed by atoms with Gasteiger partial charge in [0.2, 0.25) is 0 Å². The lowest BCUT2D eigenvalue weighted by Gasteiger charge is -2.12. The molecule has 0 N–H and O–H groups in total. The lowest BCUT2D eigenvalue weighted by Crippen LogP contribution is -2.00. The lowest BCUT2D eigenvalue weighted by atomic mass is 9.92. The molecule has 0 aliphatic rings. The van der Waals surface area contributed by atoms with Crippen molar-refractivity contribution >= 4 is 32.7 Å². The van der Waals surface area contributed by atoms with Gasteiger partial charge in [-0.05, 0) is 45.7 Å². The summed E-state index contributed by atoms with van der Waals surface area (Å²) in [5.41, 5.74) is 9.07. The summed E-state index contributed by atoms with van der Waals surface area (Å²) >= 11 is 0. The molecule has 0 saturated carbocycles. The fraction of sp³-hybridized carbons (Fsp3) is 0. The summed E-state index contributed by atoms with van der Waals surface area (Å²) in [6.45, 7) is 0. The highest BCUT2D eigenvalue weighted by Gasteiger charge is 2.18. The number of rotatable bonds is 5. The molecule has 2 heterocycles. The molecule has 0 aliphatic carbocycles. The first kappa shape index (κ1) is 27.0. The van der Waals surface area contributed by atoms with Crippen LogP contribution in [0.1, 0.15) is 0 Å². The van der Waals surface area contributed by atoms with Crippen LogP contribution >= 0.6 is 0 Å². The van der Waals surface area contributed by atoms with Gasteiger partial charge in [-0.25, -0.2) is 15.0 Å². The molecular formula is C43H27N3O. The van der Waals surface area contributed by atoms with E-state index in [-0.39, 0.29) is 0 Å². The van der Waals surface area contributed by atoms with Gasteiger partial charge in [-0.1, -0.05) is 146 Å². The fourth-order valence-electron chi connectivity index (χ4n) is 6.46. The predicted octanol–water partition coefficient (Wildman–Crippen LogP) is 11.3. The van der Waals surface area contributed by atoms with E-state index in [1.165, 1.54) is 10.9 Å². The van der Waals surface area contributed by atoms with Gasteiger partial charge < -0.3 is 4.42 Å². The third-order valence-electron chi connectivity index (χ3n) is 8.72. The summed E-state index contributed by atoms with van der Waals surface area (Å²) in [6, 6.07) is 56.3. The number of nitrogens with zero attached hydrogens (tertiary/aromatic N) is 3. The minimum Gasteiger partial charge on any atom is -0.456 e. The second kappa shape index (κ2) is 11.2. The van der Waals surface area contributed by atoms with Crippen molar-refractivity contribution in [2.24, 2.45) is 0 Å². The summed E-state index contributed by atoms with van der Waals surface area (Å²) in [5.74, 6) is 1.89. The van der Waals surface area contributed by atoms with E-state index in [4.69, 9.17) is 19.4 Å². The maximum absolute atomic E-state index is 6.37. The molecule has 0 amide bonds. The summed E-state index contributed by atoms with van der Waals surface area (Å²) in [6.07, 6.45) is 0. The fourth-order valence-corrected chi connectivity index (χ4v) is 6.46. The zero-order valence-electron chi connectivity index (χ0n) is 25.3. The number of aromatic nitrogens is 3. The number of hydrogen-bond acceptors (Lipinski definition) is 4. The Hall–Kier alpha value is -6.39. The first-order valence-corrected chi connectivity index (χ1v) is 15.7. The maximum atomic E-state index is 6.37. The third kappa shape index (κ3) is 4.84. The number of para-hydroxylation sites is 1. The van der Waals surface area contributed by atoms with Crippen LogP contribution < -0.4 is 0 Å². The van der Waals surface area contributed by atoms with Crippen LogP contribution in [0.25, 0.3) is 89.1 Å². The van der Waals surface area contributed by atoms with Gasteiger partial charge >= 0.3 is 0 Å². The quantitative estimate of drug-likeness (QED) is 0.197. The van der Waals surface area contributed by atoms with Crippen molar-refractivity contribution in [2.45, 2.75) is 0 Å². The van der Waals surface area contributed by atoms with E-state index in [2.05, 4.69) is 115 Å². The van der Waals surface area contributed by atoms with Crippen molar-refractivity contribution in [3.05, 3.63) is 164 Å². The first-order chi connectivity index (χ1) is 23.3. The number of furan rings is 1. The van der Waals surface area contributed by atoms with Gasteiger partial charge in [-0.2, -0.15) is 0 Å². The normalized spacial score (nSPS) is 11.4. The van der Waals surface area contributed by atoms with Gasteiger partial charge in [0.1, 0.15) is 11.2 Å². The monoisotopic (exact) mass is 601 g/mol. The van der Waals surface area contributed by atoms with Gasteiger partial charge in [0, 0.05) is 33.0 Å². The molecule has 0 saturated heterocycles. The van der Waals surface area contributed by atoms with Crippen LogP contribution in [0.4, 0.5) is 0 Å². The van der Waals surface area contributed by atoms with E-state index in [0.717, 1.165) is 60.7 Å². The summed E-state index contributed by atoms with van der Waals surface area (Å²) < 4.78 is 6.37. The smallest absolute Gasteiger partial charge is 0.164 e. The molecule has 0 bridgehead atoms. The highest BCUT2D eigenvalue weighted by atomic mass is 16.3. The van der Waals surface area contributed by atoms with Crippen LogP contribution in [0.15, 0.2) is 168 Å². The van der Waals surface area contributed by atoms with Gasteiger partial charge in [0.05, 0.1) is 0 Å². The van der Waals surface area contributed by atoms with Crippen molar-refractivity contribution in [3.63, 3.8) is 0 Å². The molecular weight excluding hydrogens is 574 g/mol. The van der Waals surface area contributed by atoms with Crippen LogP contribution in [0, 0.1) is 0 Å². The molecule has 4 nitrogen and oxygen atoms in total. The Morgan fingerprint density at radius 3 is 1.60 bits per heavy atom. The molecule has 47 heavy (non-hydrogen) atoms. The number of fused-ring (bicyclic) bond motifs is 4. The second-order valence-corrected chi connectivity index (χ2v) is 11.6. The van der Waals surface area contributed by atoms with Gasteiger partial charge in [-0.15, -0.1) is 0 Å². The van der Waals surface area contributed by atoms with Crippen molar-refractivity contribution in [3.8, 4) is 56.4 Å². The van der Waals surface area contributed by atoms with Gasteiger partial charge in [-0.3, -0.25) is 0 Å². The van der Waals surface area contributed by atoms with Gasteiger partial charge in [0.25, 0.3) is 0 Å². The second-order valence-electron chi connectivity index (χ2n) is 11.6. The van der Waals surface area contributed by atoms with Crippen LogP contribution in [0.5, 0.6) is 0 Å². The minimum atomic E-state index is 0.622. The Morgan fingerprint density at radius 1 is 0.340 bits per heavy atom. The van der Waals surface area contributed by atoms with E-state index in [0.29, 0.717) is 17.5 Å². The molecule has 0 fully saturated rings. The predicted molar refractivity (Wildman–Crippen MR) is 192 cm³/mol. The topological polar surface area (TPSA) is 51.8 Å². The highest BCUT2D eigenvalue weighted by Crippen LogP contribution is 2.42. The Balaban J connectivity index is 1.23. The van der Waals surface area contributed by atoms with Crippen LogP contribution in [0.2, 0.25) is 0 Å². The molecule has 9 aromatic rings. The van der Waals surface area contributed by atoms with E-state index < -0.39 is 0 Å². The standard InChI is InChI=1S/C43H27N3O/c1-3-12-28(13-4-1)29-22-24-31(25-23-29)42-44-41(30-14-5-2-6-15-30)45-43(46-42)34-18-11-17-33(26-34)39-35-19-8-7-16-32(35)27-38-40(39)36-20-9-10-21-37(36)47-38/h1-27H. The largest absolute Gasteiger partial charge is 0.456 e. The van der Waals surface area contributed by atoms with Crippen molar-refractivity contribution in [1.29, 1.82) is 0 Å². The molecule has 7 aromatic carbocycles. The average molecular weight is 602 g/mol. The van der Waals surface area contributed by atoms with Crippen molar-refractivity contribution in [2.75, 3.05) is 0 Å². The SMILES string of the molecule is c1ccc(-c2ccc(-c3nc(-c4ccccc4)nc(-c4cccc(-c5c6ccccc6cc6oc7ccccc7c56)c4)n3)cc2)cc1. The molecule has 0 spiro atoms. The number of hydrogen-bond donors (Lipinski definition) is 0. The van der Waals surface area contributed by atoms with E-state index >= 15 is 0 Å². The Bertz CT molecular complexity index is 2550. The Kier molecular flexibility index (Phi) is 6.43. The highest BCUT2D eigenvalue weighted by molar-refractivity contribution is 6.20. The molecule has 0 unspecified atom stereocenters. The number of benzene rings is 7. The molecule has 220 valence electrons. The molecule has 0 radical (unpaired) electrons. The summed E-state index contributed by atoms with van der Waals surface area (Å²) in [4.78, 5) is 15.0. The van der Waals surface area contributed by atoms with Crippen LogP contribution in [-0.2, 0) is 0 Å². The Morgan fingerprint density at radius 2 is 0.851 bits per heavy atom. The zero-order valence-corrected chi connectivity index (χ0v) is 25.3. The zero-order chi connectivity index (χ0) is 31.2.